The number of anilines is 1. The van der Waals surface area contributed by atoms with Crippen LogP contribution in [0.15, 0.2) is 42.7 Å². The third kappa shape index (κ3) is 3.44. The molecule has 0 amide bonds. The second kappa shape index (κ2) is 8.29. The molecule has 180 valence electrons. The number of hydrogen-bond donors (Lipinski definition) is 2. The molecule has 1 fully saturated rings. The number of piperidine rings is 1. The Bertz CT molecular complexity index is 1440. The first-order chi connectivity index (χ1) is 16.9. The topological polar surface area (TPSA) is 92.6 Å². The first-order valence-corrected chi connectivity index (χ1v) is 12.5. The van der Waals surface area contributed by atoms with Crippen molar-refractivity contribution in [2.75, 3.05) is 18.0 Å². The fourth-order valence-electron chi connectivity index (χ4n) is 5.92. The minimum atomic E-state index is -0.172. The summed E-state index contributed by atoms with van der Waals surface area (Å²) in [6.07, 6.45) is 6.55. The van der Waals surface area contributed by atoms with E-state index >= 15 is 0 Å². The highest BCUT2D eigenvalue weighted by molar-refractivity contribution is 6.34. The lowest BCUT2D eigenvalue weighted by molar-refractivity contribution is 0.186. The number of aromatic nitrogens is 4. The van der Waals surface area contributed by atoms with E-state index < -0.39 is 0 Å². The molecule has 3 N–H and O–H groups in total. The number of halogens is 1. The van der Waals surface area contributed by atoms with Crippen molar-refractivity contribution in [1.29, 1.82) is 0 Å². The van der Waals surface area contributed by atoms with Gasteiger partial charge in [0, 0.05) is 48.5 Å². The molecule has 1 spiro atoms. The van der Waals surface area contributed by atoms with Crippen LogP contribution in [0.1, 0.15) is 47.1 Å². The van der Waals surface area contributed by atoms with Gasteiger partial charge in [-0.25, -0.2) is 9.97 Å². The van der Waals surface area contributed by atoms with Crippen LogP contribution in [-0.2, 0) is 13.0 Å². The number of pyridine rings is 1. The fourth-order valence-corrected chi connectivity index (χ4v) is 6.13. The molecule has 1 unspecified atom stereocenters. The Labute approximate surface area is 209 Å². The molecule has 1 saturated heterocycles. The summed E-state index contributed by atoms with van der Waals surface area (Å²) in [4.78, 5) is 16.6. The third-order valence-corrected chi connectivity index (χ3v) is 8.41. The number of fused-ring (bicyclic) bond motifs is 2. The van der Waals surface area contributed by atoms with Gasteiger partial charge in [-0.2, -0.15) is 0 Å². The molecule has 0 bridgehead atoms. The van der Waals surface area contributed by atoms with E-state index in [0.717, 1.165) is 66.2 Å². The second-order valence-electron chi connectivity index (χ2n) is 9.94. The summed E-state index contributed by atoms with van der Waals surface area (Å²) in [5.74, 6) is 1.55. The van der Waals surface area contributed by atoms with Gasteiger partial charge in [-0.1, -0.05) is 29.8 Å². The molecule has 8 heteroatoms. The van der Waals surface area contributed by atoms with E-state index in [1.54, 1.807) is 6.20 Å². The van der Waals surface area contributed by atoms with Crippen molar-refractivity contribution in [2.24, 2.45) is 11.1 Å². The minimum absolute atomic E-state index is 0.00883. The predicted octanol–water partition coefficient (Wildman–Crippen LogP) is 4.40. The second-order valence-corrected chi connectivity index (χ2v) is 10.3. The Hall–Kier alpha value is -3.00. The maximum absolute atomic E-state index is 10.2. The van der Waals surface area contributed by atoms with Gasteiger partial charge in [-0.15, -0.1) is 0 Å². The molecule has 1 aliphatic carbocycles. The van der Waals surface area contributed by atoms with E-state index in [1.165, 1.54) is 5.56 Å². The normalized spacial score (nSPS) is 19.0. The van der Waals surface area contributed by atoms with Gasteiger partial charge in [-0.3, -0.25) is 9.38 Å². The molecule has 0 saturated carbocycles. The van der Waals surface area contributed by atoms with Crippen LogP contribution < -0.4 is 10.6 Å². The van der Waals surface area contributed by atoms with Crippen molar-refractivity contribution < 1.29 is 5.11 Å². The van der Waals surface area contributed by atoms with Crippen molar-refractivity contribution in [3.8, 4) is 11.4 Å². The Balaban J connectivity index is 1.35. The molecular formula is C27H29ClN6O. The molecule has 1 aliphatic heterocycles. The van der Waals surface area contributed by atoms with Crippen LogP contribution in [0, 0.1) is 19.3 Å². The van der Waals surface area contributed by atoms with Gasteiger partial charge in [0.05, 0.1) is 17.3 Å². The SMILES string of the molecule is Cc1ccc2c(n1)CC1(CCN(c3nccn4c(-c5cccc(C)c5Cl)nc(CO)c34)CC1)C2N. The summed E-state index contributed by atoms with van der Waals surface area (Å²) < 4.78 is 2.00. The first-order valence-electron chi connectivity index (χ1n) is 12.1. The number of rotatable bonds is 3. The smallest absolute Gasteiger partial charge is 0.154 e. The molecule has 6 rings (SSSR count). The van der Waals surface area contributed by atoms with Crippen LogP contribution in [-0.4, -0.2) is 37.5 Å². The molecule has 0 radical (unpaired) electrons. The van der Waals surface area contributed by atoms with Gasteiger partial charge in [0.25, 0.3) is 0 Å². The summed E-state index contributed by atoms with van der Waals surface area (Å²) >= 11 is 6.64. The van der Waals surface area contributed by atoms with Gasteiger partial charge in [-0.05, 0) is 61.8 Å². The Morgan fingerprint density at radius 2 is 1.94 bits per heavy atom. The highest BCUT2D eigenvalue weighted by atomic mass is 35.5. The van der Waals surface area contributed by atoms with Gasteiger partial charge in [0.1, 0.15) is 11.3 Å². The zero-order chi connectivity index (χ0) is 24.3. The van der Waals surface area contributed by atoms with Crippen molar-refractivity contribution in [2.45, 2.75) is 45.8 Å². The van der Waals surface area contributed by atoms with Gasteiger partial charge in [0.15, 0.2) is 5.82 Å². The number of aryl methyl sites for hydroxylation is 2. The number of nitrogens with two attached hydrogens (primary N) is 1. The first kappa shape index (κ1) is 22.5. The number of nitrogens with zero attached hydrogens (tertiary/aromatic N) is 5. The van der Waals surface area contributed by atoms with Gasteiger partial charge >= 0.3 is 0 Å². The van der Waals surface area contributed by atoms with Crippen LogP contribution in [0.4, 0.5) is 5.82 Å². The summed E-state index contributed by atoms with van der Waals surface area (Å²) in [5, 5.41) is 10.9. The Morgan fingerprint density at radius 3 is 2.71 bits per heavy atom. The number of benzene rings is 1. The Kier molecular flexibility index (Phi) is 5.32. The van der Waals surface area contributed by atoms with Crippen molar-refractivity contribution in [1.82, 2.24) is 19.4 Å². The highest BCUT2D eigenvalue weighted by Gasteiger charge is 2.47. The minimum Gasteiger partial charge on any atom is -0.390 e. The van der Waals surface area contributed by atoms with E-state index in [0.29, 0.717) is 16.5 Å². The standard InChI is InChI=1S/C27H29ClN6O/c1-16-4-3-5-19(22(16)28)25-32-21(15-35)23-26(30-10-13-34(23)25)33-11-8-27(9-12-33)14-20-18(24(27)29)7-6-17(2)31-20/h3-7,10,13,24,35H,8-9,11-12,14-15,29H2,1-2H3. The van der Waals surface area contributed by atoms with Crippen molar-refractivity contribution in [3.05, 3.63) is 76.0 Å². The van der Waals surface area contributed by atoms with Gasteiger partial charge < -0.3 is 15.7 Å². The predicted molar refractivity (Wildman–Crippen MR) is 138 cm³/mol. The van der Waals surface area contributed by atoms with E-state index in [-0.39, 0.29) is 18.1 Å². The summed E-state index contributed by atoms with van der Waals surface area (Å²) in [7, 11) is 0. The molecule has 2 aliphatic rings. The molecular weight excluding hydrogens is 460 g/mol. The summed E-state index contributed by atoms with van der Waals surface area (Å²) in [6.45, 7) is 5.52. The average Bonchev–Trinajstić information content (AvgIpc) is 3.36. The molecule has 4 heterocycles. The largest absolute Gasteiger partial charge is 0.390 e. The maximum atomic E-state index is 10.2. The number of aliphatic hydroxyl groups excluding tert-OH is 1. The monoisotopic (exact) mass is 488 g/mol. The molecule has 3 aromatic heterocycles. The van der Waals surface area contributed by atoms with E-state index in [9.17, 15) is 5.11 Å². The van der Waals surface area contributed by atoms with Crippen molar-refractivity contribution >= 4 is 22.9 Å². The fraction of sp³-hybridized carbons (Fsp3) is 0.370. The highest BCUT2D eigenvalue weighted by Crippen LogP contribution is 2.50. The lowest BCUT2D eigenvalue weighted by Gasteiger charge is -2.42. The quantitative estimate of drug-likeness (QED) is 0.444. The van der Waals surface area contributed by atoms with E-state index in [2.05, 4.69) is 17.0 Å². The lowest BCUT2D eigenvalue weighted by atomic mass is 9.73. The maximum Gasteiger partial charge on any atom is 0.154 e. The van der Waals surface area contributed by atoms with E-state index in [4.69, 9.17) is 32.3 Å². The van der Waals surface area contributed by atoms with Crippen LogP contribution in [0.5, 0.6) is 0 Å². The van der Waals surface area contributed by atoms with Crippen molar-refractivity contribution in [3.63, 3.8) is 0 Å². The molecule has 1 aromatic carbocycles. The number of hydrogen-bond acceptors (Lipinski definition) is 6. The van der Waals surface area contributed by atoms with Crippen LogP contribution in [0.2, 0.25) is 5.02 Å². The summed E-state index contributed by atoms with van der Waals surface area (Å²) in [6, 6.07) is 10.1. The van der Waals surface area contributed by atoms with Crippen LogP contribution >= 0.6 is 11.6 Å². The number of aliphatic hydroxyl groups is 1. The lowest BCUT2D eigenvalue weighted by Crippen LogP contribution is -2.44. The zero-order valence-electron chi connectivity index (χ0n) is 20.0. The van der Waals surface area contributed by atoms with Crippen LogP contribution in [0.3, 0.4) is 0 Å². The van der Waals surface area contributed by atoms with Gasteiger partial charge in [0.2, 0.25) is 0 Å². The van der Waals surface area contributed by atoms with Crippen LogP contribution in [0.25, 0.3) is 16.9 Å². The average molecular weight is 489 g/mol. The van der Waals surface area contributed by atoms with E-state index in [1.807, 2.05) is 42.6 Å². The third-order valence-electron chi connectivity index (χ3n) is 7.91. The Morgan fingerprint density at radius 1 is 1.14 bits per heavy atom. The molecule has 1 atom stereocenters. The molecule has 7 nitrogen and oxygen atoms in total. The molecule has 35 heavy (non-hydrogen) atoms. The summed E-state index contributed by atoms with van der Waals surface area (Å²) in [5.41, 5.74) is 13.5. The number of imidazole rings is 1. The zero-order valence-corrected chi connectivity index (χ0v) is 20.8. The molecule has 4 aromatic rings.